The van der Waals surface area contributed by atoms with Crippen LogP contribution in [0.25, 0.3) is 0 Å². The number of carbonyl (C=O) groups is 2. The number of methoxy groups -OCH3 is 1. The first-order chi connectivity index (χ1) is 12.5. The van der Waals surface area contributed by atoms with Crippen molar-refractivity contribution in [3.63, 3.8) is 0 Å². The lowest BCUT2D eigenvalue weighted by Gasteiger charge is -2.17. The van der Waals surface area contributed by atoms with Crippen molar-refractivity contribution in [2.24, 2.45) is 0 Å². The van der Waals surface area contributed by atoms with Crippen molar-refractivity contribution in [2.75, 3.05) is 32.6 Å². The van der Waals surface area contributed by atoms with Gasteiger partial charge in [0.2, 0.25) is 11.8 Å². The second-order valence-corrected chi connectivity index (χ2v) is 5.58. The third-order valence-corrected chi connectivity index (χ3v) is 3.58. The summed E-state index contributed by atoms with van der Waals surface area (Å²) in [4.78, 5) is 25.3. The molecule has 6 nitrogen and oxygen atoms in total. The summed E-state index contributed by atoms with van der Waals surface area (Å²) < 4.78 is 23.4. The average Bonchev–Trinajstić information content (AvgIpc) is 2.64. The van der Waals surface area contributed by atoms with E-state index >= 15 is 0 Å². The number of hydrogen-bond donors (Lipinski definition) is 1. The molecule has 0 radical (unpaired) electrons. The van der Waals surface area contributed by atoms with Crippen LogP contribution in [-0.2, 0) is 9.59 Å². The van der Waals surface area contributed by atoms with Gasteiger partial charge in [0.15, 0.2) is 0 Å². The van der Waals surface area contributed by atoms with Gasteiger partial charge in [0.1, 0.15) is 17.3 Å². The zero-order chi connectivity index (χ0) is 18.9. The Morgan fingerprint density at radius 3 is 2.27 bits per heavy atom. The number of nitrogens with zero attached hydrogens (tertiary/aromatic N) is 1. The summed E-state index contributed by atoms with van der Waals surface area (Å²) in [7, 11) is 3.12. The highest BCUT2D eigenvalue weighted by atomic mass is 19.1. The van der Waals surface area contributed by atoms with Gasteiger partial charge in [-0.3, -0.25) is 9.59 Å². The minimum atomic E-state index is -0.382. The topological polar surface area (TPSA) is 67.9 Å². The van der Waals surface area contributed by atoms with Gasteiger partial charge < -0.3 is 19.7 Å². The first kappa shape index (κ1) is 19.2. The maximum absolute atomic E-state index is 12.8. The van der Waals surface area contributed by atoms with E-state index < -0.39 is 0 Å². The first-order valence-electron chi connectivity index (χ1n) is 8.04. The Labute approximate surface area is 151 Å². The fourth-order valence-corrected chi connectivity index (χ4v) is 2.16. The number of anilines is 1. The maximum Gasteiger partial charge on any atom is 0.243 e. The van der Waals surface area contributed by atoms with E-state index in [-0.39, 0.29) is 37.2 Å². The number of likely N-dealkylation sites (N-methyl/N-ethyl adjacent to an activating group) is 1. The molecule has 0 aliphatic heterocycles. The Morgan fingerprint density at radius 2 is 1.65 bits per heavy atom. The molecule has 1 N–H and O–H groups in total. The normalized spacial score (nSPS) is 10.1. The summed E-state index contributed by atoms with van der Waals surface area (Å²) in [5, 5.41) is 2.61. The monoisotopic (exact) mass is 360 g/mol. The molecule has 138 valence electrons. The minimum Gasteiger partial charge on any atom is -0.497 e. The van der Waals surface area contributed by atoms with Crippen molar-refractivity contribution in [3.8, 4) is 11.5 Å². The molecule has 2 rings (SSSR count). The molecule has 2 aromatic rings. The molecular formula is C19H21FN2O4. The molecular weight excluding hydrogens is 339 g/mol. The van der Waals surface area contributed by atoms with E-state index in [1.54, 1.807) is 38.4 Å². The predicted molar refractivity (Wildman–Crippen MR) is 95.8 cm³/mol. The van der Waals surface area contributed by atoms with Gasteiger partial charge in [-0.05, 0) is 48.5 Å². The highest BCUT2D eigenvalue weighted by Gasteiger charge is 2.13. The number of benzene rings is 2. The number of rotatable bonds is 8. The number of nitrogens with one attached hydrogen (secondary N) is 1. The molecule has 0 bridgehead atoms. The third kappa shape index (κ3) is 6.08. The summed E-state index contributed by atoms with van der Waals surface area (Å²) in [6, 6.07) is 12.5. The van der Waals surface area contributed by atoms with Gasteiger partial charge >= 0.3 is 0 Å². The summed E-state index contributed by atoms with van der Waals surface area (Å²) in [5.41, 5.74) is 0.472. The summed E-state index contributed by atoms with van der Waals surface area (Å²) in [6.07, 6.45) is 0.145. The van der Waals surface area contributed by atoms with Crippen molar-refractivity contribution in [2.45, 2.75) is 6.42 Å². The van der Waals surface area contributed by atoms with Crippen LogP contribution in [0.15, 0.2) is 48.5 Å². The van der Waals surface area contributed by atoms with E-state index in [1.165, 1.54) is 29.2 Å². The third-order valence-electron chi connectivity index (χ3n) is 3.58. The molecule has 0 fully saturated rings. The van der Waals surface area contributed by atoms with Crippen LogP contribution in [0.1, 0.15) is 6.42 Å². The lowest BCUT2D eigenvalue weighted by Crippen LogP contribution is -2.35. The zero-order valence-electron chi connectivity index (χ0n) is 14.7. The molecule has 0 spiro atoms. The lowest BCUT2D eigenvalue weighted by molar-refractivity contribution is -0.133. The SMILES string of the molecule is COc1ccc(OCCC(=O)N(C)CC(=O)Nc2ccc(F)cc2)cc1. The second kappa shape index (κ2) is 9.41. The average molecular weight is 360 g/mol. The van der Waals surface area contributed by atoms with Crippen LogP contribution < -0.4 is 14.8 Å². The van der Waals surface area contributed by atoms with Gasteiger partial charge in [-0.1, -0.05) is 0 Å². The minimum absolute atomic E-state index is 0.0985. The molecule has 0 aromatic heterocycles. The van der Waals surface area contributed by atoms with E-state index in [9.17, 15) is 14.0 Å². The number of ether oxygens (including phenoxy) is 2. The molecule has 7 heteroatoms. The van der Waals surface area contributed by atoms with Crippen molar-refractivity contribution in [3.05, 3.63) is 54.3 Å². The molecule has 2 aromatic carbocycles. The van der Waals surface area contributed by atoms with E-state index in [0.717, 1.165) is 5.75 Å². The molecule has 0 aliphatic rings. The Bertz CT molecular complexity index is 732. The number of hydrogen-bond acceptors (Lipinski definition) is 4. The smallest absolute Gasteiger partial charge is 0.243 e. The predicted octanol–water partition coefficient (Wildman–Crippen LogP) is 2.70. The fraction of sp³-hybridized carbons (Fsp3) is 0.263. The maximum atomic E-state index is 12.8. The zero-order valence-corrected chi connectivity index (χ0v) is 14.7. The first-order valence-corrected chi connectivity index (χ1v) is 8.04. The van der Waals surface area contributed by atoms with Crippen LogP contribution in [0.3, 0.4) is 0 Å². The second-order valence-electron chi connectivity index (χ2n) is 5.58. The van der Waals surface area contributed by atoms with Crippen LogP contribution in [0.4, 0.5) is 10.1 Å². The molecule has 2 amide bonds. The van der Waals surface area contributed by atoms with E-state index in [1.807, 2.05) is 0 Å². The summed E-state index contributed by atoms with van der Waals surface area (Å²) in [5.74, 6) is 0.402. The molecule has 0 heterocycles. The van der Waals surface area contributed by atoms with E-state index in [0.29, 0.717) is 11.4 Å². The molecule has 0 saturated carbocycles. The quantitative estimate of drug-likeness (QED) is 0.786. The highest BCUT2D eigenvalue weighted by molar-refractivity contribution is 5.94. The highest BCUT2D eigenvalue weighted by Crippen LogP contribution is 2.17. The van der Waals surface area contributed by atoms with Gasteiger partial charge in [0, 0.05) is 12.7 Å². The van der Waals surface area contributed by atoms with Gasteiger partial charge in [-0.2, -0.15) is 0 Å². The molecule has 26 heavy (non-hydrogen) atoms. The number of halogens is 1. The van der Waals surface area contributed by atoms with E-state index in [2.05, 4.69) is 5.32 Å². The van der Waals surface area contributed by atoms with Crippen LogP contribution in [-0.4, -0.2) is 44.0 Å². The largest absolute Gasteiger partial charge is 0.497 e. The van der Waals surface area contributed by atoms with Crippen LogP contribution in [0, 0.1) is 5.82 Å². The van der Waals surface area contributed by atoms with Crippen molar-refractivity contribution in [1.82, 2.24) is 4.90 Å². The molecule has 0 unspecified atom stereocenters. The van der Waals surface area contributed by atoms with Gasteiger partial charge in [0.05, 0.1) is 26.7 Å². The summed E-state index contributed by atoms with van der Waals surface area (Å²) >= 11 is 0. The lowest BCUT2D eigenvalue weighted by atomic mass is 10.3. The Kier molecular flexibility index (Phi) is 6.96. The van der Waals surface area contributed by atoms with Crippen molar-refractivity contribution >= 4 is 17.5 Å². The van der Waals surface area contributed by atoms with Crippen LogP contribution >= 0.6 is 0 Å². The standard InChI is InChI=1S/C19H21FN2O4/c1-22(13-18(23)21-15-5-3-14(20)4-6-15)19(24)11-12-26-17-9-7-16(25-2)8-10-17/h3-10H,11-13H2,1-2H3,(H,21,23). The van der Waals surface area contributed by atoms with Gasteiger partial charge in [0.25, 0.3) is 0 Å². The van der Waals surface area contributed by atoms with Crippen molar-refractivity contribution in [1.29, 1.82) is 0 Å². The Balaban J connectivity index is 1.72. The van der Waals surface area contributed by atoms with Crippen molar-refractivity contribution < 1.29 is 23.5 Å². The van der Waals surface area contributed by atoms with Crippen LogP contribution in [0.2, 0.25) is 0 Å². The number of amides is 2. The fourth-order valence-electron chi connectivity index (χ4n) is 2.16. The molecule has 0 saturated heterocycles. The molecule has 0 atom stereocenters. The Hall–Kier alpha value is -3.09. The van der Waals surface area contributed by atoms with Gasteiger partial charge in [-0.25, -0.2) is 4.39 Å². The summed E-state index contributed by atoms with van der Waals surface area (Å²) in [6.45, 7) is 0.105. The Morgan fingerprint density at radius 1 is 1.04 bits per heavy atom. The molecule has 0 aliphatic carbocycles. The van der Waals surface area contributed by atoms with E-state index in [4.69, 9.17) is 9.47 Å². The van der Waals surface area contributed by atoms with Crippen LogP contribution in [0.5, 0.6) is 11.5 Å². The number of carbonyl (C=O) groups excluding carboxylic acids is 2. The van der Waals surface area contributed by atoms with Gasteiger partial charge in [-0.15, -0.1) is 0 Å².